The molecule has 0 amide bonds. The number of carboxylic acid groups (broad SMARTS) is 1. The molecule has 0 aliphatic carbocycles. The van der Waals surface area contributed by atoms with Crippen molar-refractivity contribution in [2.45, 2.75) is 37.3 Å². The van der Waals surface area contributed by atoms with E-state index in [1.165, 1.54) is 11.8 Å². The third-order valence-electron chi connectivity index (χ3n) is 2.29. The highest BCUT2D eigenvalue weighted by atomic mass is 32.2. The molecule has 6 heteroatoms. The monoisotopic (exact) mass is 255 g/mol. The third kappa shape index (κ3) is 4.60. The summed E-state index contributed by atoms with van der Waals surface area (Å²) >= 11 is 1.48. The molecule has 0 radical (unpaired) electrons. The number of rotatable bonds is 7. The molecule has 0 aromatic carbocycles. The van der Waals surface area contributed by atoms with Crippen LogP contribution in [0.1, 0.15) is 26.2 Å². The van der Waals surface area contributed by atoms with E-state index >= 15 is 0 Å². The second-order valence-electron chi connectivity index (χ2n) is 3.62. The summed E-state index contributed by atoms with van der Waals surface area (Å²) < 4.78 is 0. The Morgan fingerprint density at radius 2 is 2.35 bits per heavy atom. The van der Waals surface area contributed by atoms with Crippen molar-refractivity contribution in [2.75, 3.05) is 11.6 Å². The molecular weight excluding hydrogens is 238 g/mol. The molecule has 1 heterocycles. The smallest absolute Gasteiger partial charge is 0.326 e. The van der Waals surface area contributed by atoms with Gasteiger partial charge in [-0.05, 0) is 12.7 Å². The van der Waals surface area contributed by atoms with Gasteiger partial charge in [0.1, 0.15) is 16.9 Å². The zero-order chi connectivity index (χ0) is 12.7. The summed E-state index contributed by atoms with van der Waals surface area (Å²) in [5.41, 5.74) is 0. The van der Waals surface area contributed by atoms with Gasteiger partial charge in [0.25, 0.3) is 0 Å². The first-order valence-electron chi connectivity index (χ1n) is 5.52. The lowest BCUT2D eigenvalue weighted by atomic mass is 10.1. The third-order valence-corrected chi connectivity index (χ3v) is 2.90. The summed E-state index contributed by atoms with van der Waals surface area (Å²) in [6.45, 7) is 2.03. The molecule has 2 N–H and O–H groups in total. The van der Waals surface area contributed by atoms with Gasteiger partial charge in [-0.3, -0.25) is 4.98 Å². The van der Waals surface area contributed by atoms with Gasteiger partial charge in [0.15, 0.2) is 0 Å². The highest BCUT2D eigenvalue weighted by molar-refractivity contribution is 7.98. The van der Waals surface area contributed by atoms with Crippen molar-refractivity contribution in [1.82, 2.24) is 9.97 Å². The van der Waals surface area contributed by atoms with E-state index in [1.54, 1.807) is 12.4 Å². The summed E-state index contributed by atoms with van der Waals surface area (Å²) in [7, 11) is 0. The van der Waals surface area contributed by atoms with E-state index in [1.807, 2.05) is 13.2 Å². The normalized spacial score (nSPS) is 12.1. The SMILES string of the molecule is CCCCC(Nc1cncc(SC)n1)C(=O)O. The summed E-state index contributed by atoms with van der Waals surface area (Å²) in [6, 6.07) is -0.596. The van der Waals surface area contributed by atoms with E-state index in [2.05, 4.69) is 15.3 Å². The minimum atomic E-state index is -0.852. The molecule has 17 heavy (non-hydrogen) atoms. The number of aromatic nitrogens is 2. The molecule has 0 saturated heterocycles. The highest BCUT2D eigenvalue weighted by Crippen LogP contribution is 2.14. The molecule has 1 aromatic heterocycles. The van der Waals surface area contributed by atoms with Crippen LogP contribution < -0.4 is 5.32 Å². The molecule has 94 valence electrons. The predicted molar refractivity (Wildman–Crippen MR) is 68.4 cm³/mol. The molecule has 1 unspecified atom stereocenters. The van der Waals surface area contributed by atoms with Crippen LogP contribution in [0.5, 0.6) is 0 Å². The van der Waals surface area contributed by atoms with Crippen LogP contribution in [-0.2, 0) is 4.79 Å². The summed E-state index contributed by atoms with van der Waals surface area (Å²) in [6.07, 6.45) is 7.54. The van der Waals surface area contributed by atoms with E-state index in [0.717, 1.165) is 17.9 Å². The van der Waals surface area contributed by atoms with Gasteiger partial charge in [-0.15, -0.1) is 11.8 Å². The lowest BCUT2D eigenvalue weighted by Crippen LogP contribution is -2.29. The van der Waals surface area contributed by atoms with Gasteiger partial charge >= 0.3 is 5.97 Å². The number of aliphatic carboxylic acids is 1. The van der Waals surface area contributed by atoms with Crippen LogP contribution in [0.4, 0.5) is 5.82 Å². The molecule has 0 saturated carbocycles. The number of carboxylic acids is 1. The number of unbranched alkanes of at least 4 members (excludes halogenated alkanes) is 1. The Morgan fingerprint density at radius 3 is 2.94 bits per heavy atom. The maximum atomic E-state index is 11.0. The Bertz CT molecular complexity index is 373. The van der Waals surface area contributed by atoms with Crippen molar-refractivity contribution in [1.29, 1.82) is 0 Å². The van der Waals surface area contributed by atoms with Crippen LogP contribution in [0.15, 0.2) is 17.4 Å². The number of nitrogens with zero attached hydrogens (tertiary/aromatic N) is 2. The quantitative estimate of drug-likeness (QED) is 0.728. The Balaban J connectivity index is 2.67. The second-order valence-corrected chi connectivity index (χ2v) is 4.45. The van der Waals surface area contributed by atoms with Gasteiger partial charge in [-0.2, -0.15) is 0 Å². The van der Waals surface area contributed by atoms with Crippen molar-refractivity contribution in [3.63, 3.8) is 0 Å². The van der Waals surface area contributed by atoms with E-state index in [0.29, 0.717) is 12.2 Å². The zero-order valence-corrected chi connectivity index (χ0v) is 10.8. The number of nitrogens with one attached hydrogen (secondary N) is 1. The first-order valence-corrected chi connectivity index (χ1v) is 6.75. The van der Waals surface area contributed by atoms with Gasteiger partial charge in [-0.25, -0.2) is 9.78 Å². The van der Waals surface area contributed by atoms with Crippen molar-refractivity contribution < 1.29 is 9.90 Å². The summed E-state index contributed by atoms with van der Waals surface area (Å²) in [5.74, 6) is -0.338. The van der Waals surface area contributed by atoms with Crippen LogP contribution in [0.25, 0.3) is 0 Å². The molecular formula is C11H17N3O2S. The van der Waals surface area contributed by atoms with Crippen molar-refractivity contribution in [3.05, 3.63) is 12.4 Å². The minimum absolute atomic E-state index is 0.514. The molecule has 1 atom stereocenters. The largest absolute Gasteiger partial charge is 0.480 e. The van der Waals surface area contributed by atoms with Gasteiger partial charge < -0.3 is 10.4 Å². The number of thioether (sulfide) groups is 1. The maximum absolute atomic E-state index is 11.0. The second kappa shape index (κ2) is 7.11. The van der Waals surface area contributed by atoms with Crippen molar-refractivity contribution in [2.24, 2.45) is 0 Å². The average Bonchev–Trinajstić information content (AvgIpc) is 2.34. The van der Waals surface area contributed by atoms with Crippen LogP contribution in [-0.4, -0.2) is 33.3 Å². The van der Waals surface area contributed by atoms with E-state index in [-0.39, 0.29) is 0 Å². The predicted octanol–water partition coefficient (Wildman–Crippen LogP) is 2.25. The summed E-state index contributed by atoms with van der Waals surface area (Å²) in [5, 5.41) is 12.7. The van der Waals surface area contributed by atoms with Crippen molar-refractivity contribution in [3.8, 4) is 0 Å². The first-order chi connectivity index (χ1) is 8.17. The number of hydrogen-bond acceptors (Lipinski definition) is 5. The van der Waals surface area contributed by atoms with Crippen molar-refractivity contribution >= 4 is 23.5 Å². The average molecular weight is 255 g/mol. The molecule has 0 aliphatic heterocycles. The molecule has 1 rings (SSSR count). The Hall–Kier alpha value is -1.30. The molecule has 5 nitrogen and oxygen atoms in total. The Labute approximate surface area is 105 Å². The Kier molecular flexibility index (Phi) is 5.76. The topological polar surface area (TPSA) is 75.1 Å². The van der Waals surface area contributed by atoms with Crippen LogP contribution in [0, 0.1) is 0 Å². The van der Waals surface area contributed by atoms with Gasteiger partial charge in [-0.1, -0.05) is 19.8 Å². The van der Waals surface area contributed by atoms with Gasteiger partial charge in [0, 0.05) is 0 Å². The van der Waals surface area contributed by atoms with Gasteiger partial charge in [0.2, 0.25) is 0 Å². The molecule has 0 fully saturated rings. The lowest BCUT2D eigenvalue weighted by Gasteiger charge is -2.14. The van der Waals surface area contributed by atoms with E-state index in [4.69, 9.17) is 5.11 Å². The molecule has 1 aromatic rings. The van der Waals surface area contributed by atoms with E-state index < -0.39 is 12.0 Å². The highest BCUT2D eigenvalue weighted by Gasteiger charge is 2.16. The fraction of sp³-hybridized carbons (Fsp3) is 0.545. The molecule has 0 aliphatic rings. The fourth-order valence-electron chi connectivity index (χ4n) is 1.36. The number of hydrogen-bond donors (Lipinski definition) is 2. The Morgan fingerprint density at radius 1 is 1.59 bits per heavy atom. The van der Waals surface area contributed by atoms with Crippen LogP contribution >= 0.6 is 11.8 Å². The van der Waals surface area contributed by atoms with Crippen LogP contribution in [0.2, 0.25) is 0 Å². The van der Waals surface area contributed by atoms with Crippen LogP contribution in [0.3, 0.4) is 0 Å². The number of carbonyl (C=O) groups is 1. The maximum Gasteiger partial charge on any atom is 0.326 e. The molecule has 0 bridgehead atoms. The molecule has 0 spiro atoms. The fourth-order valence-corrected chi connectivity index (χ4v) is 1.72. The number of anilines is 1. The van der Waals surface area contributed by atoms with E-state index in [9.17, 15) is 4.79 Å². The standard InChI is InChI=1S/C11H17N3O2S/c1-3-4-5-8(11(15)16)13-9-6-12-7-10(14-9)17-2/h6-8H,3-5H2,1-2H3,(H,13,14)(H,15,16). The van der Waals surface area contributed by atoms with Gasteiger partial charge in [0.05, 0.1) is 12.4 Å². The minimum Gasteiger partial charge on any atom is -0.480 e. The lowest BCUT2D eigenvalue weighted by molar-refractivity contribution is -0.138. The zero-order valence-electron chi connectivity index (χ0n) is 10.0. The summed E-state index contributed by atoms with van der Waals surface area (Å²) in [4.78, 5) is 19.3. The first kappa shape index (κ1) is 13.8.